The monoisotopic (exact) mass is 954 g/mol. The normalized spacial score (nSPS) is 11.6. The lowest BCUT2D eigenvalue weighted by Crippen LogP contribution is -2.46. The van der Waals surface area contributed by atoms with Crippen LogP contribution in [0.15, 0.2) is 97.1 Å². The topological polar surface area (TPSA) is 247 Å². The standard InChI is InChI=1S/C50H62N6O13/c1-50(2,3)69-49(63)56-40(22-14-16-28-52-48(62)68-32-34-19-11-8-12-20-34)45(59)53-35-23-25-41(64-4)37(29-35)43(57)55-39(21-13-15-27-51-47(61)67-31-33-17-9-7-10-18-33)44(58)54-36-24-26-42(65-5)38(30-36)46(60)66-6/h7-12,17-20,23-26,29-30,39-40H,13-16,21-22,27-28,31-32H2,1-6H3,(H,51,61)(H,52,62)(H,53,59)(H,54,58)(H,55,57)(H,56,63). The minimum Gasteiger partial charge on any atom is -0.496 e. The Kier molecular flexibility index (Phi) is 21.6. The van der Waals surface area contributed by atoms with Crippen molar-refractivity contribution >= 4 is 53.3 Å². The van der Waals surface area contributed by atoms with Crippen LogP contribution in [0.2, 0.25) is 0 Å². The SMILES string of the molecule is COC(=O)c1cc(NC(=O)C(CCCCNC(=O)OCc2ccccc2)NC(=O)c2cc(NC(=O)C(CCCCNC(=O)OCc3ccccc3)NC(=O)OC(C)(C)C)ccc2OC)ccc1OC. The molecule has 0 aromatic heterocycles. The molecule has 6 N–H and O–H groups in total. The van der Waals surface area contributed by atoms with Gasteiger partial charge in [-0.2, -0.15) is 0 Å². The van der Waals surface area contributed by atoms with Gasteiger partial charge in [0.1, 0.15) is 48.0 Å². The zero-order valence-corrected chi connectivity index (χ0v) is 39.8. The largest absolute Gasteiger partial charge is 0.496 e. The van der Waals surface area contributed by atoms with Gasteiger partial charge in [0.25, 0.3) is 5.91 Å². The number of amides is 6. The van der Waals surface area contributed by atoms with Crippen LogP contribution in [-0.2, 0) is 41.8 Å². The average Bonchev–Trinajstić information content (AvgIpc) is 3.33. The number of hydrogen-bond acceptors (Lipinski definition) is 13. The molecule has 2 atom stereocenters. The van der Waals surface area contributed by atoms with Crippen molar-refractivity contribution in [2.75, 3.05) is 45.1 Å². The Morgan fingerprint density at radius 1 is 0.536 bits per heavy atom. The van der Waals surface area contributed by atoms with E-state index in [-0.39, 0.29) is 73.1 Å². The highest BCUT2D eigenvalue weighted by Gasteiger charge is 2.27. The van der Waals surface area contributed by atoms with E-state index in [9.17, 15) is 33.6 Å². The summed E-state index contributed by atoms with van der Waals surface area (Å²) in [5, 5.41) is 16.3. The van der Waals surface area contributed by atoms with E-state index >= 15 is 0 Å². The number of methoxy groups -OCH3 is 3. The first kappa shape index (κ1) is 53.8. The van der Waals surface area contributed by atoms with Crippen LogP contribution < -0.4 is 41.4 Å². The molecule has 0 aliphatic rings. The smallest absolute Gasteiger partial charge is 0.408 e. The molecule has 19 nitrogen and oxygen atoms in total. The second kappa shape index (κ2) is 27.7. The van der Waals surface area contributed by atoms with Crippen molar-refractivity contribution in [2.24, 2.45) is 0 Å². The molecule has 0 saturated heterocycles. The molecule has 4 aromatic carbocycles. The van der Waals surface area contributed by atoms with Crippen LogP contribution in [0.4, 0.5) is 25.8 Å². The number of rotatable bonds is 24. The molecular formula is C50H62N6O13. The molecule has 4 aromatic rings. The third kappa shape index (κ3) is 19.1. The van der Waals surface area contributed by atoms with E-state index in [0.717, 1.165) is 11.1 Å². The van der Waals surface area contributed by atoms with Crippen LogP contribution in [-0.4, -0.2) is 94.1 Å². The Bertz CT molecular complexity index is 2340. The Morgan fingerprint density at radius 2 is 0.986 bits per heavy atom. The van der Waals surface area contributed by atoms with Crippen molar-refractivity contribution in [1.82, 2.24) is 21.3 Å². The summed E-state index contributed by atoms with van der Waals surface area (Å²) in [6.07, 6.45) is -0.128. The molecule has 69 heavy (non-hydrogen) atoms. The highest BCUT2D eigenvalue weighted by Crippen LogP contribution is 2.26. The van der Waals surface area contributed by atoms with Gasteiger partial charge in [-0.15, -0.1) is 0 Å². The van der Waals surface area contributed by atoms with Gasteiger partial charge in [-0.1, -0.05) is 60.7 Å². The minimum atomic E-state index is -1.16. The van der Waals surface area contributed by atoms with Crippen LogP contribution in [0, 0.1) is 0 Å². The number of alkyl carbamates (subject to hydrolysis) is 3. The fourth-order valence-electron chi connectivity index (χ4n) is 6.58. The molecule has 4 rings (SSSR count). The number of carbonyl (C=O) groups is 7. The van der Waals surface area contributed by atoms with Gasteiger partial charge in [0, 0.05) is 24.5 Å². The third-order valence-corrected chi connectivity index (χ3v) is 10.0. The van der Waals surface area contributed by atoms with Crippen LogP contribution in [0.3, 0.4) is 0 Å². The Morgan fingerprint density at radius 3 is 1.43 bits per heavy atom. The predicted octanol–water partition coefficient (Wildman–Crippen LogP) is 7.25. The molecule has 0 fully saturated rings. The molecule has 370 valence electrons. The van der Waals surface area contributed by atoms with Crippen LogP contribution in [0.1, 0.15) is 91.1 Å². The van der Waals surface area contributed by atoms with E-state index in [1.54, 1.807) is 20.8 Å². The lowest BCUT2D eigenvalue weighted by molar-refractivity contribution is -0.119. The van der Waals surface area contributed by atoms with E-state index in [4.69, 9.17) is 28.4 Å². The van der Waals surface area contributed by atoms with Gasteiger partial charge in [0.2, 0.25) is 11.8 Å². The summed E-state index contributed by atoms with van der Waals surface area (Å²) >= 11 is 0. The van der Waals surface area contributed by atoms with Gasteiger partial charge in [-0.3, -0.25) is 14.4 Å². The zero-order chi connectivity index (χ0) is 50.2. The molecule has 0 aliphatic heterocycles. The fourth-order valence-corrected chi connectivity index (χ4v) is 6.58. The van der Waals surface area contributed by atoms with E-state index in [1.165, 1.54) is 57.7 Å². The Balaban J connectivity index is 1.45. The lowest BCUT2D eigenvalue weighted by Gasteiger charge is -2.23. The molecule has 0 radical (unpaired) electrons. The second-order valence-corrected chi connectivity index (χ2v) is 16.5. The van der Waals surface area contributed by atoms with E-state index < -0.39 is 59.7 Å². The first-order chi connectivity index (χ1) is 33.1. The molecule has 19 heteroatoms. The molecule has 6 amide bonds. The molecule has 0 heterocycles. The van der Waals surface area contributed by atoms with Gasteiger partial charge in [-0.25, -0.2) is 19.2 Å². The van der Waals surface area contributed by atoms with Crippen LogP contribution in [0.25, 0.3) is 0 Å². The minimum absolute atomic E-state index is 0.0322. The highest BCUT2D eigenvalue weighted by molar-refractivity contribution is 6.04. The molecule has 0 saturated carbocycles. The maximum Gasteiger partial charge on any atom is 0.408 e. The van der Waals surface area contributed by atoms with Crippen molar-refractivity contribution in [3.8, 4) is 11.5 Å². The second-order valence-electron chi connectivity index (χ2n) is 16.5. The summed E-state index contributed by atoms with van der Waals surface area (Å²) in [7, 11) is 3.95. The van der Waals surface area contributed by atoms with E-state index in [1.807, 2.05) is 60.7 Å². The third-order valence-electron chi connectivity index (χ3n) is 10.0. The number of carbonyl (C=O) groups excluding carboxylic acids is 7. The van der Waals surface area contributed by atoms with E-state index in [0.29, 0.717) is 25.7 Å². The quantitative estimate of drug-likeness (QED) is 0.0230. The van der Waals surface area contributed by atoms with Gasteiger partial charge in [-0.05, 0) is 107 Å². The number of hydrogen-bond donors (Lipinski definition) is 6. The number of nitrogens with one attached hydrogen (secondary N) is 6. The zero-order valence-electron chi connectivity index (χ0n) is 39.8. The molecular weight excluding hydrogens is 893 g/mol. The summed E-state index contributed by atoms with van der Waals surface area (Å²) < 4.78 is 31.6. The summed E-state index contributed by atoms with van der Waals surface area (Å²) in [5.74, 6) is -2.32. The summed E-state index contributed by atoms with van der Waals surface area (Å²) in [6, 6.07) is 24.9. The molecule has 2 unspecified atom stereocenters. The number of esters is 1. The van der Waals surface area contributed by atoms with Crippen molar-refractivity contribution in [3.05, 3.63) is 119 Å². The molecule has 0 spiro atoms. The highest BCUT2D eigenvalue weighted by atomic mass is 16.6. The van der Waals surface area contributed by atoms with Crippen molar-refractivity contribution in [2.45, 2.75) is 90.2 Å². The van der Waals surface area contributed by atoms with Crippen LogP contribution >= 0.6 is 0 Å². The number of ether oxygens (including phenoxy) is 6. The first-order valence-corrected chi connectivity index (χ1v) is 22.3. The Hall–Kier alpha value is -7.83. The van der Waals surface area contributed by atoms with Gasteiger partial charge >= 0.3 is 24.2 Å². The molecule has 0 aliphatic carbocycles. The summed E-state index contributed by atoms with van der Waals surface area (Å²) in [6.45, 7) is 5.73. The van der Waals surface area contributed by atoms with E-state index in [2.05, 4.69) is 31.9 Å². The number of unbranched alkanes of at least 4 members (excludes halogenated alkanes) is 2. The maximum atomic E-state index is 14.1. The molecule has 0 bridgehead atoms. The number of benzene rings is 4. The Labute approximate surface area is 401 Å². The number of anilines is 2. The van der Waals surface area contributed by atoms with Gasteiger partial charge in [0.15, 0.2) is 0 Å². The summed E-state index contributed by atoms with van der Waals surface area (Å²) in [4.78, 5) is 91.7. The maximum absolute atomic E-state index is 14.1. The van der Waals surface area contributed by atoms with Crippen molar-refractivity contribution in [3.63, 3.8) is 0 Å². The lowest BCUT2D eigenvalue weighted by atomic mass is 10.1. The first-order valence-electron chi connectivity index (χ1n) is 22.3. The van der Waals surface area contributed by atoms with Gasteiger partial charge in [0.05, 0.1) is 26.9 Å². The van der Waals surface area contributed by atoms with Gasteiger partial charge < -0.3 is 60.3 Å². The summed E-state index contributed by atoms with van der Waals surface area (Å²) in [5.41, 5.74) is 1.23. The van der Waals surface area contributed by atoms with Crippen molar-refractivity contribution in [1.29, 1.82) is 0 Å². The predicted molar refractivity (Wildman–Crippen MR) is 256 cm³/mol. The fraction of sp³-hybridized carbons (Fsp3) is 0.380. The van der Waals surface area contributed by atoms with Crippen molar-refractivity contribution < 1.29 is 62.0 Å². The van der Waals surface area contributed by atoms with Crippen LogP contribution in [0.5, 0.6) is 11.5 Å². The average molecular weight is 955 g/mol.